The number of ether oxygens (including phenoxy) is 2. The van der Waals surface area contributed by atoms with E-state index in [-0.39, 0.29) is 12.3 Å². The van der Waals surface area contributed by atoms with Gasteiger partial charge in [0.2, 0.25) is 0 Å². The summed E-state index contributed by atoms with van der Waals surface area (Å²) in [7, 11) is 1.81. The topological polar surface area (TPSA) is 82.4 Å². The Labute approximate surface area is 159 Å². The van der Waals surface area contributed by atoms with Gasteiger partial charge in [0.15, 0.2) is 6.10 Å². The largest absolute Gasteiger partial charge is 0.494 e. The highest BCUT2D eigenvalue weighted by atomic mass is 16.5. The highest BCUT2D eigenvalue weighted by molar-refractivity contribution is 5.96. The molecule has 0 aliphatic rings. The van der Waals surface area contributed by atoms with Crippen molar-refractivity contribution in [2.45, 2.75) is 46.6 Å². The summed E-state index contributed by atoms with van der Waals surface area (Å²) >= 11 is 0. The van der Waals surface area contributed by atoms with Gasteiger partial charge in [0.05, 0.1) is 23.7 Å². The molecular formula is C20H27N3O4. The minimum atomic E-state index is -0.880. The second kappa shape index (κ2) is 9.21. The Morgan fingerprint density at radius 3 is 2.44 bits per heavy atom. The Hall–Kier alpha value is -2.83. The minimum Gasteiger partial charge on any atom is -0.494 e. The summed E-state index contributed by atoms with van der Waals surface area (Å²) in [6.45, 7) is 7.64. The number of anilines is 1. The first kappa shape index (κ1) is 20.5. The highest BCUT2D eigenvalue weighted by Gasteiger charge is 2.20. The molecule has 2 rings (SSSR count). The number of carbonyl (C=O) groups excluding carboxylic acids is 2. The van der Waals surface area contributed by atoms with Crippen molar-refractivity contribution < 1.29 is 19.1 Å². The molecule has 0 bridgehead atoms. The van der Waals surface area contributed by atoms with Crippen molar-refractivity contribution >= 4 is 17.6 Å². The van der Waals surface area contributed by atoms with E-state index >= 15 is 0 Å². The molecule has 0 radical (unpaired) electrons. The Morgan fingerprint density at radius 1 is 1.19 bits per heavy atom. The number of hydrogen-bond acceptors (Lipinski definition) is 5. The van der Waals surface area contributed by atoms with Crippen LogP contribution in [0.3, 0.4) is 0 Å². The van der Waals surface area contributed by atoms with Crippen LogP contribution in [0.1, 0.15) is 36.7 Å². The molecule has 1 N–H and O–H groups in total. The number of rotatable bonds is 8. The molecule has 1 aromatic carbocycles. The number of amides is 1. The average molecular weight is 373 g/mol. The lowest BCUT2D eigenvalue weighted by molar-refractivity contribution is -0.153. The standard InChI is InChI=1S/C20H27N3O4/c1-13-8-10-17(11-9-13)26-12-6-7-18(24)27-16(4)20(25)21-19-14(2)22-23(5)15(19)3/h8-11,16H,6-7,12H2,1-5H3,(H,21,25)/t16-/m0/s1. The Morgan fingerprint density at radius 2 is 1.85 bits per heavy atom. The summed E-state index contributed by atoms with van der Waals surface area (Å²) in [6.07, 6.45) is -0.175. The van der Waals surface area contributed by atoms with Gasteiger partial charge in [0.25, 0.3) is 5.91 Å². The van der Waals surface area contributed by atoms with Gasteiger partial charge in [-0.15, -0.1) is 0 Å². The van der Waals surface area contributed by atoms with Crippen LogP contribution < -0.4 is 10.1 Å². The van der Waals surface area contributed by atoms with Gasteiger partial charge in [0, 0.05) is 13.5 Å². The molecule has 1 aromatic heterocycles. The summed E-state index contributed by atoms with van der Waals surface area (Å²) in [5, 5.41) is 7.02. The predicted octanol–water partition coefficient (Wildman–Crippen LogP) is 3.07. The molecule has 1 heterocycles. The number of nitrogens with zero attached hydrogens (tertiary/aromatic N) is 2. The van der Waals surface area contributed by atoms with Crippen LogP contribution in [0.5, 0.6) is 5.75 Å². The first-order valence-electron chi connectivity index (χ1n) is 8.98. The number of esters is 1. The second-order valence-electron chi connectivity index (χ2n) is 6.56. The van der Waals surface area contributed by atoms with Gasteiger partial charge in [-0.25, -0.2) is 0 Å². The maximum atomic E-state index is 12.3. The Bertz CT molecular complexity index is 796. The lowest BCUT2D eigenvalue weighted by Gasteiger charge is -2.14. The number of aryl methyl sites for hydroxylation is 3. The van der Waals surface area contributed by atoms with Crippen molar-refractivity contribution in [1.82, 2.24) is 9.78 Å². The smallest absolute Gasteiger partial charge is 0.306 e. The molecule has 0 unspecified atom stereocenters. The molecule has 7 nitrogen and oxygen atoms in total. The molecule has 146 valence electrons. The van der Waals surface area contributed by atoms with Crippen LogP contribution in [-0.4, -0.2) is 34.4 Å². The third-order valence-electron chi connectivity index (χ3n) is 4.25. The third kappa shape index (κ3) is 5.84. The van der Waals surface area contributed by atoms with E-state index in [0.29, 0.717) is 18.7 Å². The van der Waals surface area contributed by atoms with E-state index in [4.69, 9.17) is 9.47 Å². The van der Waals surface area contributed by atoms with Crippen molar-refractivity contribution in [3.05, 3.63) is 41.2 Å². The van der Waals surface area contributed by atoms with Crippen molar-refractivity contribution in [3.63, 3.8) is 0 Å². The van der Waals surface area contributed by atoms with E-state index in [9.17, 15) is 9.59 Å². The van der Waals surface area contributed by atoms with E-state index in [0.717, 1.165) is 22.7 Å². The molecule has 0 spiro atoms. The van der Waals surface area contributed by atoms with E-state index in [1.54, 1.807) is 18.7 Å². The van der Waals surface area contributed by atoms with Gasteiger partial charge in [-0.2, -0.15) is 5.10 Å². The van der Waals surface area contributed by atoms with Gasteiger partial charge >= 0.3 is 5.97 Å². The molecule has 1 atom stereocenters. The first-order chi connectivity index (χ1) is 12.8. The van der Waals surface area contributed by atoms with Crippen LogP contribution >= 0.6 is 0 Å². The molecule has 1 amide bonds. The summed E-state index contributed by atoms with van der Waals surface area (Å²) < 4.78 is 12.5. The van der Waals surface area contributed by atoms with Crippen LogP contribution in [0, 0.1) is 20.8 Å². The fraction of sp³-hybridized carbons (Fsp3) is 0.450. The first-order valence-corrected chi connectivity index (χ1v) is 8.98. The zero-order valence-electron chi connectivity index (χ0n) is 16.5. The zero-order chi connectivity index (χ0) is 20.0. The fourth-order valence-corrected chi connectivity index (χ4v) is 2.53. The zero-order valence-corrected chi connectivity index (χ0v) is 16.5. The van der Waals surface area contributed by atoms with Gasteiger partial charge in [-0.1, -0.05) is 17.7 Å². The van der Waals surface area contributed by atoms with Crippen LogP contribution in [0.4, 0.5) is 5.69 Å². The summed E-state index contributed by atoms with van der Waals surface area (Å²) in [5.74, 6) is -0.0350. The number of aromatic nitrogens is 2. The fourth-order valence-electron chi connectivity index (χ4n) is 2.53. The molecule has 0 aliphatic heterocycles. The van der Waals surface area contributed by atoms with Gasteiger partial charge < -0.3 is 14.8 Å². The van der Waals surface area contributed by atoms with Crippen molar-refractivity contribution in [1.29, 1.82) is 0 Å². The maximum absolute atomic E-state index is 12.3. The predicted molar refractivity (Wildman–Crippen MR) is 103 cm³/mol. The van der Waals surface area contributed by atoms with E-state index in [2.05, 4.69) is 10.4 Å². The molecule has 0 aliphatic carbocycles. The van der Waals surface area contributed by atoms with Crippen molar-refractivity contribution in [3.8, 4) is 5.75 Å². The van der Waals surface area contributed by atoms with E-state index in [1.807, 2.05) is 45.0 Å². The van der Waals surface area contributed by atoms with Crippen LogP contribution in [0.25, 0.3) is 0 Å². The Kier molecular flexibility index (Phi) is 6.98. The van der Waals surface area contributed by atoms with Gasteiger partial charge in [0.1, 0.15) is 5.75 Å². The van der Waals surface area contributed by atoms with E-state index < -0.39 is 12.1 Å². The second-order valence-corrected chi connectivity index (χ2v) is 6.56. The van der Waals surface area contributed by atoms with Gasteiger partial charge in [-0.05, 0) is 46.2 Å². The lowest BCUT2D eigenvalue weighted by Crippen LogP contribution is -2.30. The normalized spacial score (nSPS) is 11.7. The van der Waals surface area contributed by atoms with Crippen LogP contribution in [-0.2, 0) is 21.4 Å². The van der Waals surface area contributed by atoms with Crippen molar-refractivity contribution in [2.75, 3.05) is 11.9 Å². The Balaban J connectivity index is 1.72. The summed E-state index contributed by atoms with van der Waals surface area (Å²) in [6, 6.07) is 7.72. The number of carbonyl (C=O) groups is 2. The minimum absolute atomic E-state index is 0.189. The molecule has 0 fully saturated rings. The van der Waals surface area contributed by atoms with Gasteiger partial charge in [-0.3, -0.25) is 14.3 Å². The van der Waals surface area contributed by atoms with Crippen LogP contribution in [0.2, 0.25) is 0 Å². The molecule has 0 saturated heterocycles. The number of benzene rings is 1. The third-order valence-corrected chi connectivity index (χ3v) is 4.25. The van der Waals surface area contributed by atoms with E-state index in [1.165, 1.54) is 0 Å². The number of hydrogen-bond donors (Lipinski definition) is 1. The SMILES string of the molecule is Cc1ccc(OCCCC(=O)O[C@@H](C)C(=O)Nc2c(C)nn(C)c2C)cc1. The quantitative estimate of drug-likeness (QED) is 0.568. The van der Waals surface area contributed by atoms with Crippen molar-refractivity contribution in [2.24, 2.45) is 7.05 Å². The highest BCUT2D eigenvalue weighted by Crippen LogP contribution is 2.19. The number of nitrogens with one attached hydrogen (secondary N) is 1. The average Bonchev–Trinajstić information content (AvgIpc) is 2.86. The summed E-state index contributed by atoms with van der Waals surface area (Å²) in [4.78, 5) is 24.2. The molecular weight excluding hydrogens is 346 g/mol. The molecule has 7 heteroatoms. The van der Waals surface area contributed by atoms with Crippen LogP contribution in [0.15, 0.2) is 24.3 Å². The maximum Gasteiger partial charge on any atom is 0.306 e. The molecule has 27 heavy (non-hydrogen) atoms. The monoisotopic (exact) mass is 373 g/mol. The lowest BCUT2D eigenvalue weighted by atomic mass is 10.2. The molecule has 0 saturated carbocycles. The molecule has 2 aromatic rings. The summed E-state index contributed by atoms with van der Waals surface area (Å²) in [5.41, 5.74) is 3.37.